The molecule has 0 spiro atoms. The average molecular weight is 250 g/mol. The van der Waals surface area contributed by atoms with Crippen LogP contribution in [0.25, 0.3) is 11.0 Å². The Labute approximate surface area is 110 Å². The first-order valence-electron chi connectivity index (χ1n) is 6.37. The van der Waals surface area contributed by atoms with Gasteiger partial charge < -0.3 is 15.6 Å². The van der Waals surface area contributed by atoms with Crippen molar-refractivity contribution in [2.24, 2.45) is 0 Å². The molecule has 4 heteroatoms. The molecule has 0 atom stereocenters. The number of hydrogen-bond donors (Lipinski definition) is 2. The molecule has 3 N–H and O–H groups in total. The van der Waals surface area contributed by atoms with E-state index in [0.29, 0.717) is 0 Å². The molecule has 2 aromatic carbocycles. The third-order valence-electron chi connectivity index (χ3n) is 3.70. The molecule has 19 heavy (non-hydrogen) atoms. The van der Waals surface area contributed by atoms with Crippen molar-refractivity contribution < 1.29 is 0 Å². The van der Waals surface area contributed by atoms with E-state index in [1.54, 1.807) is 0 Å². The first kappa shape index (κ1) is 10.4. The second-order valence-corrected chi connectivity index (χ2v) is 4.92. The number of aromatic nitrogens is 2. The predicted octanol–water partition coefficient (Wildman–Crippen LogP) is 2.67. The van der Waals surface area contributed by atoms with E-state index in [-0.39, 0.29) is 0 Å². The van der Waals surface area contributed by atoms with Gasteiger partial charge in [-0.15, -0.1) is 0 Å². The van der Waals surface area contributed by atoms with Crippen molar-refractivity contribution in [3.8, 4) is 0 Å². The summed E-state index contributed by atoms with van der Waals surface area (Å²) in [5, 5.41) is 0. The largest absolute Gasteiger partial charge is 0.398 e. The van der Waals surface area contributed by atoms with Crippen molar-refractivity contribution in [1.29, 1.82) is 0 Å². The summed E-state index contributed by atoms with van der Waals surface area (Å²) in [5.41, 5.74) is 11.5. The summed E-state index contributed by atoms with van der Waals surface area (Å²) in [7, 11) is 0. The Kier molecular flexibility index (Phi) is 2.06. The summed E-state index contributed by atoms with van der Waals surface area (Å²) in [6, 6.07) is 14.2. The van der Waals surface area contributed by atoms with Gasteiger partial charge in [-0.25, -0.2) is 4.98 Å². The van der Waals surface area contributed by atoms with Crippen LogP contribution in [0.1, 0.15) is 11.1 Å². The third-order valence-corrected chi connectivity index (χ3v) is 3.70. The summed E-state index contributed by atoms with van der Waals surface area (Å²) >= 11 is 0. The van der Waals surface area contributed by atoms with Gasteiger partial charge in [0.15, 0.2) is 0 Å². The minimum Gasteiger partial charge on any atom is -0.398 e. The Hall–Kier alpha value is -2.49. The van der Waals surface area contributed by atoms with Gasteiger partial charge in [-0.1, -0.05) is 24.3 Å². The number of H-pyrrole nitrogens is 1. The lowest BCUT2D eigenvalue weighted by molar-refractivity contribution is 0.844. The van der Waals surface area contributed by atoms with Crippen LogP contribution in [0.15, 0.2) is 42.5 Å². The zero-order chi connectivity index (χ0) is 12.8. The number of nitrogen functional groups attached to an aromatic ring is 1. The molecule has 1 aliphatic heterocycles. The molecule has 3 aromatic rings. The minimum atomic E-state index is 0.821. The van der Waals surface area contributed by atoms with Crippen LogP contribution in [0.4, 0.5) is 11.6 Å². The fourth-order valence-electron chi connectivity index (χ4n) is 2.69. The Morgan fingerprint density at radius 1 is 1.05 bits per heavy atom. The number of aromatic amines is 1. The van der Waals surface area contributed by atoms with Crippen LogP contribution in [0.5, 0.6) is 0 Å². The maximum Gasteiger partial charge on any atom is 0.204 e. The fraction of sp³-hybridized carbons (Fsp3) is 0.133. The van der Waals surface area contributed by atoms with E-state index in [0.717, 1.165) is 35.8 Å². The monoisotopic (exact) mass is 250 g/mol. The van der Waals surface area contributed by atoms with Crippen LogP contribution < -0.4 is 10.6 Å². The van der Waals surface area contributed by atoms with Gasteiger partial charge in [0.05, 0.1) is 11.0 Å². The second kappa shape index (κ2) is 3.75. The minimum absolute atomic E-state index is 0.821. The molecule has 2 heterocycles. The molecular weight excluding hydrogens is 236 g/mol. The number of anilines is 2. The normalized spacial score (nSPS) is 14.0. The van der Waals surface area contributed by atoms with Crippen LogP contribution in [0.3, 0.4) is 0 Å². The zero-order valence-electron chi connectivity index (χ0n) is 10.4. The van der Waals surface area contributed by atoms with Crippen molar-refractivity contribution in [3.05, 3.63) is 53.6 Å². The Morgan fingerprint density at radius 2 is 1.95 bits per heavy atom. The van der Waals surface area contributed by atoms with Crippen LogP contribution >= 0.6 is 0 Å². The highest BCUT2D eigenvalue weighted by molar-refractivity contribution is 5.77. The van der Waals surface area contributed by atoms with Crippen LogP contribution in [-0.2, 0) is 13.1 Å². The number of nitrogens with one attached hydrogen (secondary N) is 1. The van der Waals surface area contributed by atoms with E-state index in [2.05, 4.69) is 20.9 Å². The van der Waals surface area contributed by atoms with E-state index >= 15 is 0 Å². The molecule has 0 aliphatic carbocycles. The molecule has 0 bridgehead atoms. The molecular formula is C15H14N4. The summed E-state index contributed by atoms with van der Waals surface area (Å²) in [5.74, 6) is 0.914. The molecule has 0 unspecified atom stereocenters. The number of rotatable bonds is 1. The molecule has 4 rings (SSSR count). The quantitative estimate of drug-likeness (QED) is 0.653. The van der Waals surface area contributed by atoms with Crippen molar-refractivity contribution in [2.45, 2.75) is 13.1 Å². The molecule has 0 fully saturated rings. The lowest BCUT2D eigenvalue weighted by Gasteiger charge is -2.13. The Bertz CT molecular complexity index is 727. The summed E-state index contributed by atoms with van der Waals surface area (Å²) in [6.07, 6.45) is 0. The summed E-state index contributed by atoms with van der Waals surface area (Å²) < 4.78 is 0. The molecule has 4 nitrogen and oxygen atoms in total. The van der Waals surface area contributed by atoms with E-state index in [1.165, 1.54) is 11.1 Å². The van der Waals surface area contributed by atoms with Crippen molar-refractivity contribution in [1.82, 2.24) is 9.97 Å². The van der Waals surface area contributed by atoms with Gasteiger partial charge in [0.25, 0.3) is 0 Å². The number of para-hydroxylation sites is 2. The number of nitrogens with zero attached hydrogens (tertiary/aromatic N) is 2. The Morgan fingerprint density at radius 3 is 2.79 bits per heavy atom. The predicted molar refractivity (Wildman–Crippen MR) is 76.8 cm³/mol. The van der Waals surface area contributed by atoms with Crippen LogP contribution in [0.2, 0.25) is 0 Å². The maximum absolute atomic E-state index is 6.03. The number of fused-ring (bicyclic) bond motifs is 2. The lowest BCUT2D eigenvalue weighted by Crippen LogP contribution is -2.16. The topological polar surface area (TPSA) is 57.9 Å². The molecule has 1 aromatic heterocycles. The van der Waals surface area contributed by atoms with Gasteiger partial charge in [-0.05, 0) is 29.3 Å². The van der Waals surface area contributed by atoms with E-state index < -0.39 is 0 Å². The van der Waals surface area contributed by atoms with Gasteiger partial charge in [-0.3, -0.25) is 0 Å². The first-order valence-corrected chi connectivity index (χ1v) is 6.37. The van der Waals surface area contributed by atoms with Crippen LogP contribution in [0, 0.1) is 0 Å². The number of hydrogen-bond acceptors (Lipinski definition) is 3. The van der Waals surface area contributed by atoms with Gasteiger partial charge in [0.2, 0.25) is 5.95 Å². The number of benzene rings is 2. The zero-order valence-corrected chi connectivity index (χ0v) is 10.4. The fourth-order valence-corrected chi connectivity index (χ4v) is 2.69. The van der Waals surface area contributed by atoms with E-state index in [9.17, 15) is 0 Å². The second-order valence-electron chi connectivity index (χ2n) is 4.92. The van der Waals surface area contributed by atoms with Gasteiger partial charge in [-0.2, -0.15) is 0 Å². The van der Waals surface area contributed by atoms with Crippen molar-refractivity contribution >= 4 is 22.7 Å². The van der Waals surface area contributed by atoms with Crippen LogP contribution in [-0.4, -0.2) is 9.97 Å². The van der Waals surface area contributed by atoms with E-state index in [1.807, 2.05) is 36.4 Å². The van der Waals surface area contributed by atoms with Crippen molar-refractivity contribution in [3.63, 3.8) is 0 Å². The maximum atomic E-state index is 6.03. The first-order chi connectivity index (χ1) is 9.31. The molecule has 94 valence electrons. The van der Waals surface area contributed by atoms with Crippen molar-refractivity contribution in [2.75, 3.05) is 10.6 Å². The summed E-state index contributed by atoms with van der Waals surface area (Å²) in [4.78, 5) is 10.2. The highest BCUT2D eigenvalue weighted by Crippen LogP contribution is 2.30. The van der Waals surface area contributed by atoms with Gasteiger partial charge >= 0.3 is 0 Å². The molecule has 0 radical (unpaired) electrons. The SMILES string of the molecule is Nc1cccc2c1CN(c1nc3ccccc3[nH]1)C2. The molecule has 0 amide bonds. The molecule has 1 aliphatic rings. The molecule has 0 saturated heterocycles. The average Bonchev–Trinajstić information content (AvgIpc) is 3.02. The Balaban J connectivity index is 1.74. The highest BCUT2D eigenvalue weighted by atomic mass is 15.3. The van der Waals surface area contributed by atoms with Gasteiger partial charge in [0, 0.05) is 18.8 Å². The highest BCUT2D eigenvalue weighted by Gasteiger charge is 2.22. The lowest BCUT2D eigenvalue weighted by atomic mass is 10.1. The van der Waals surface area contributed by atoms with Gasteiger partial charge in [0.1, 0.15) is 0 Å². The smallest absolute Gasteiger partial charge is 0.204 e. The summed E-state index contributed by atoms with van der Waals surface area (Å²) in [6.45, 7) is 1.68. The standard InChI is InChI=1S/C15H14N4/c16-12-5-3-4-10-8-19(9-11(10)12)15-17-13-6-1-2-7-14(13)18-15/h1-7H,8-9,16H2,(H,17,18). The number of imidazole rings is 1. The molecule has 0 saturated carbocycles. The van der Waals surface area contributed by atoms with E-state index in [4.69, 9.17) is 5.73 Å². The third kappa shape index (κ3) is 1.57. The number of nitrogens with two attached hydrogens (primary N) is 1.